The van der Waals surface area contributed by atoms with Crippen molar-refractivity contribution in [2.75, 3.05) is 46.9 Å². The lowest BCUT2D eigenvalue weighted by Crippen LogP contribution is -2.50. The van der Waals surface area contributed by atoms with Gasteiger partial charge in [-0.3, -0.25) is 4.99 Å². The Morgan fingerprint density at radius 1 is 1.29 bits per heavy atom. The molecule has 0 radical (unpaired) electrons. The van der Waals surface area contributed by atoms with Crippen LogP contribution in [-0.4, -0.2) is 63.8 Å². The molecule has 0 saturated carbocycles. The van der Waals surface area contributed by atoms with Crippen LogP contribution in [0.1, 0.15) is 38.7 Å². The fourth-order valence-corrected chi connectivity index (χ4v) is 4.35. The zero-order chi connectivity index (χ0) is 19.7. The van der Waals surface area contributed by atoms with E-state index in [9.17, 15) is 0 Å². The number of piperidine rings is 1. The quantitative estimate of drug-likeness (QED) is 0.216. The van der Waals surface area contributed by atoms with Gasteiger partial charge in [-0.1, -0.05) is 48.0 Å². The Morgan fingerprint density at radius 3 is 2.57 bits per heavy atom. The molecule has 1 aliphatic heterocycles. The second-order valence-electron chi connectivity index (χ2n) is 7.90. The van der Waals surface area contributed by atoms with E-state index in [0.29, 0.717) is 6.04 Å². The third-order valence-corrected chi connectivity index (χ3v) is 5.97. The van der Waals surface area contributed by atoms with Crippen molar-refractivity contribution in [1.29, 1.82) is 0 Å². The van der Waals surface area contributed by atoms with Gasteiger partial charge < -0.3 is 20.3 Å². The summed E-state index contributed by atoms with van der Waals surface area (Å²) in [6.07, 6.45) is 3.42. The minimum Gasteiger partial charge on any atom is -0.385 e. The highest BCUT2D eigenvalue weighted by molar-refractivity contribution is 14.0. The van der Waals surface area contributed by atoms with E-state index in [1.165, 1.54) is 5.56 Å². The molecule has 0 spiro atoms. The highest BCUT2D eigenvalue weighted by Crippen LogP contribution is 2.29. The Labute approximate surface area is 196 Å². The van der Waals surface area contributed by atoms with E-state index >= 15 is 0 Å². The Bertz CT molecular complexity index is 604. The van der Waals surface area contributed by atoms with Crippen molar-refractivity contribution in [3.63, 3.8) is 0 Å². The van der Waals surface area contributed by atoms with Crippen molar-refractivity contribution in [3.05, 3.63) is 34.3 Å². The van der Waals surface area contributed by atoms with Crippen LogP contribution in [-0.2, 0) is 10.2 Å². The number of rotatable bonds is 8. The van der Waals surface area contributed by atoms with Gasteiger partial charge in [-0.05, 0) is 30.9 Å². The molecule has 0 atom stereocenters. The lowest BCUT2D eigenvalue weighted by atomic mass is 9.84. The molecule has 5 nitrogen and oxygen atoms in total. The summed E-state index contributed by atoms with van der Waals surface area (Å²) >= 11 is 3.68. The molecule has 1 fully saturated rings. The van der Waals surface area contributed by atoms with Gasteiger partial charge in [-0.2, -0.15) is 0 Å². The third-order valence-electron chi connectivity index (χ3n) is 5.28. The van der Waals surface area contributed by atoms with Crippen molar-refractivity contribution >= 4 is 45.9 Å². The van der Waals surface area contributed by atoms with E-state index in [2.05, 4.69) is 74.6 Å². The molecule has 0 aromatic heterocycles. The number of guanidine groups is 1. The average molecular weight is 567 g/mol. The molecule has 2 N–H and O–H groups in total. The summed E-state index contributed by atoms with van der Waals surface area (Å²) in [5, 5.41) is 7.13. The number of nitrogens with one attached hydrogen (secondary N) is 2. The van der Waals surface area contributed by atoms with Crippen molar-refractivity contribution < 1.29 is 4.74 Å². The molecule has 1 saturated heterocycles. The summed E-state index contributed by atoms with van der Waals surface area (Å²) in [5.41, 5.74) is 1.31. The van der Waals surface area contributed by atoms with Gasteiger partial charge in [0.25, 0.3) is 0 Å². The van der Waals surface area contributed by atoms with Crippen molar-refractivity contribution in [3.8, 4) is 0 Å². The molecule has 0 unspecified atom stereocenters. The van der Waals surface area contributed by atoms with E-state index in [-0.39, 0.29) is 29.4 Å². The molecular weight excluding hydrogens is 531 g/mol. The maximum atomic E-state index is 5.15. The molecule has 7 heteroatoms. The van der Waals surface area contributed by atoms with Crippen molar-refractivity contribution in [2.24, 2.45) is 4.99 Å². The van der Waals surface area contributed by atoms with Crippen molar-refractivity contribution in [2.45, 2.75) is 44.6 Å². The molecule has 1 aliphatic rings. The second kappa shape index (κ2) is 13.0. The van der Waals surface area contributed by atoms with Crippen LogP contribution in [0.3, 0.4) is 0 Å². The first-order valence-electron chi connectivity index (χ1n) is 9.90. The molecule has 2 rings (SSSR count). The normalized spacial score (nSPS) is 16.5. The van der Waals surface area contributed by atoms with Crippen LogP contribution in [0, 0.1) is 0 Å². The van der Waals surface area contributed by atoms with E-state index in [4.69, 9.17) is 4.74 Å². The second-order valence-corrected chi connectivity index (χ2v) is 8.75. The van der Waals surface area contributed by atoms with Crippen LogP contribution in [0.4, 0.5) is 0 Å². The van der Waals surface area contributed by atoms with Crippen LogP contribution in [0.25, 0.3) is 0 Å². The van der Waals surface area contributed by atoms with Crippen LogP contribution in [0.15, 0.2) is 33.7 Å². The Hall–Kier alpha value is -0.380. The first-order chi connectivity index (χ1) is 13.0. The Balaban J connectivity index is 0.00000392. The molecule has 1 heterocycles. The minimum absolute atomic E-state index is 0. The standard InChI is InChI=1S/C21H35BrN4O.HI/c1-21(2,18-8-5-6-9-19(18)22)16-24-20(23-3)25-17-10-13-26(14-11-17)12-7-15-27-4;/h5-6,8-9,17H,7,10-16H2,1-4H3,(H2,23,24,25);1H. The number of halogens is 2. The van der Waals surface area contributed by atoms with Gasteiger partial charge in [0, 0.05) is 62.9 Å². The SMILES string of the molecule is CN=C(NCC(C)(C)c1ccccc1Br)NC1CCN(CCCOC)CC1.I. The smallest absolute Gasteiger partial charge is 0.191 e. The molecular formula is C21H36BrIN4O. The maximum Gasteiger partial charge on any atom is 0.191 e. The largest absolute Gasteiger partial charge is 0.385 e. The number of ether oxygens (including phenoxy) is 1. The van der Waals surface area contributed by atoms with E-state index in [1.807, 2.05) is 7.05 Å². The molecule has 0 bridgehead atoms. The number of benzene rings is 1. The van der Waals surface area contributed by atoms with E-state index < -0.39 is 0 Å². The van der Waals surface area contributed by atoms with Gasteiger partial charge >= 0.3 is 0 Å². The summed E-state index contributed by atoms with van der Waals surface area (Å²) in [6.45, 7) is 9.60. The topological polar surface area (TPSA) is 48.9 Å². The molecule has 0 aliphatic carbocycles. The van der Waals surface area contributed by atoms with Crippen molar-refractivity contribution in [1.82, 2.24) is 15.5 Å². The van der Waals surface area contributed by atoms with Gasteiger partial charge in [-0.25, -0.2) is 0 Å². The zero-order valence-corrected chi connectivity index (χ0v) is 21.5. The summed E-state index contributed by atoms with van der Waals surface area (Å²) in [6, 6.07) is 8.92. The average Bonchev–Trinajstić information content (AvgIpc) is 2.66. The summed E-state index contributed by atoms with van der Waals surface area (Å²) < 4.78 is 6.30. The van der Waals surface area contributed by atoms with Gasteiger partial charge in [0.1, 0.15) is 0 Å². The van der Waals surface area contributed by atoms with Crippen LogP contribution < -0.4 is 10.6 Å². The highest BCUT2D eigenvalue weighted by atomic mass is 127. The van der Waals surface area contributed by atoms with Crippen LogP contribution in [0.2, 0.25) is 0 Å². The highest BCUT2D eigenvalue weighted by Gasteiger charge is 2.24. The van der Waals surface area contributed by atoms with Crippen LogP contribution in [0.5, 0.6) is 0 Å². The fourth-order valence-electron chi connectivity index (χ4n) is 3.53. The number of methoxy groups -OCH3 is 1. The first kappa shape index (κ1) is 25.7. The lowest BCUT2D eigenvalue weighted by molar-refractivity contribution is 0.155. The predicted molar refractivity (Wildman–Crippen MR) is 133 cm³/mol. The third kappa shape index (κ3) is 8.16. The number of likely N-dealkylation sites (tertiary alicyclic amines) is 1. The Kier molecular flexibility index (Phi) is 11.9. The van der Waals surface area contributed by atoms with E-state index in [0.717, 1.165) is 62.5 Å². The monoisotopic (exact) mass is 566 g/mol. The van der Waals surface area contributed by atoms with Gasteiger partial charge in [0.15, 0.2) is 5.96 Å². The maximum absolute atomic E-state index is 5.15. The molecule has 1 aromatic rings. The number of hydrogen-bond donors (Lipinski definition) is 2. The zero-order valence-electron chi connectivity index (χ0n) is 17.6. The van der Waals surface area contributed by atoms with Gasteiger partial charge in [-0.15, -0.1) is 24.0 Å². The summed E-state index contributed by atoms with van der Waals surface area (Å²) in [4.78, 5) is 6.96. The minimum atomic E-state index is 0. The van der Waals surface area contributed by atoms with E-state index in [1.54, 1.807) is 7.11 Å². The van der Waals surface area contributed by atoms with Gasteiger partial charge in [0.05, 0.1) is 0 Å². The fraction of sp³-hybridized carbons (Fsp3) is 0.667. The van der Waals surface area contributed by atoms with Crippen LogP contribution >= 0.6 is 39.9 Å². The number of hydrogen-bond acceptors (Lipinski definition) is 3. The summed E-state index contributed by atoms with van der Waals surface area (Å²) in [5.74, 6) is 0.896. The number of aliphatic imine (C=N–C) groups is 1. The molecule has 28 heavy (non-hydrogen) atoms. The predicted octanol–water partition coefficient (Wildman–Crippen LogP) is 4.01. The molecule has 160 valence electrons. The first-order valence-corrected chi connectivity index (χ1v) is 10.7. The van der Waals surface area contributed by atoms with Gasteiger partial charge in [0.2, 0.25) is 0 Å². The Morgan fingerprint density at radius 2 is 1.96 bits per heavy atom. The molecule has 1 aromatic carbocycles. The molecule has 0 amide bonds. The lowest BCUT2D eigenvalue weighted by Gasteiger charge is -2.34. The number of nitrogens with zero attached hydrogens (tertiary/aromatic N) is 2. The summed E-state index contributed by atoms with van der Waals surface area (Å²) in [7, 11) is 3.62.